The minimum absolute atomic E-state index is 0.334. The summed E-state index contributed by atoms with van der Waals surface area (Å²) in [6.07, 6.45) is 2.27. The van der Waals surface area contributed by atoms with Crippen LogP contribution in [0.3, 0.4) is 0 Å². The molecule has 0 atom stereocenters. The predicted molar refractivity (Wildman–Crippen MR) is 83.7 cm³/mol. The van der Waals surface area contributed by atoms with Gasteiger partial charge in [-0.15, -0.1) is 0 Å². The molecule has 1 heterocycles. The van der Waals surface area contributed by atoms with E-state index in [2.05, 4.69) is 82.6 Å². The summed E-state index contributed by atoms with van der Waals surface area (Å²) in [6.45, 7) is 2.53. The van der Waals surface area contributed by atoms with Gasteiger partial charge in [0.15, 0.2) is 0 Å². The van der Waals surface area contributed by atoms with Crippen molar-refractivity contribution in [1.29, 1.82) is 0 Å². The van der Waals surface area contributed by atoms with Gasteiger partial charge < -0.3 is 5.23 Å². The lowest BCUT2D eigenvalue weighted by atomic mass is 9.53. The van der Waals surface area contributed by atoms with Gasteiger partial charge in [-0.3, -0.25) is 0 Å². The van der Waals surface area contributed by atoms with Gasteiger partial charge in [0.25, 0.3) is 6.85 Å². The van der Waals surface area contributed by atoms with E-state index in [0.717, 1.165) is 4.47 Å². The van der Waals surface area contributed by atoms with Gasteiger partial charge in [-0.2, -0.15) is 0 Å². The summed E-state index contributed by atoms with van der Waals surface area (Å²) in [4.78, 5) is 0. The Morgan fingerprint density at radius 1 is 1.06 bits per heavy atom. The van der Waals surface area contributed by atoms with Crippen molar-refractivity contribution >= 4 is 40.0 Å². The van der Waals surface area contributed by atoms with E-state index in [1.807, 2.05) is 0 Å². The summed E-state index contributed by atoms with van der Waals surface area (Å²) in [5.74, 6) is 0. The highest BCUT2D eigenvalue weighted by atomic mass is 79.9. The highest BCUT2D eigenvalue weighted by Crippen LogP contribution is 2.32. The van der Waals surface area contributed by atoms with Gasteiger partial charge in [-0.05, 0) is 34.8 Å². The summed E-state index contributed by atoms with van der Waals surface area (Å²) < 4.78 is 1.11. The molecule has 0 saturated heterocycles. The van der Waals surface area contributed by atoms with Crippen LogP contribution in [0.5, 0.6) is 0 Å². The molecule has 3 rings (SSSR count). The number of hydrogen-bond acceptors (Lipinski definition) is 1. The molecular weight excluding hydrogens is 285 g/mol. The molecule has 3 heteroatoms. The first-order valence-electron chi connectivity index (χ1n) is 6.07. The fourth-order valence-electron chi connectivity index (χ4n) is 2.35. The highest BCUT2D eigenvalue weighted by molar-refractivity contribution is 9.10. The van der Waals surface area contributed by atoms with Gasteiger partial charge in [0, 0.05) is 10.2 Å². The van der Waals surface area contributed by atoms with E-state index >= 15 is 0 Å². The quantitative estimate of drug-likeness (QED) is 0.760. The fourth-order valence-corrected chi connectivity index (χ4v) is 2.73. The maximum atomic E-state index is 3.55. The first-order valence-corrected chi connectivity index (χ1v) is 6.86. The lowest BCUT2D eigenvalue weighted by Crippen LogP contribution is -2.26. The van der Waals surface area contributed by atoms with Crippen molar-refractivity contribution in [3.63, 3.8) is 0 Å². The molecule has 0 amide bonds. The Bertz CT molecular complexity index is 607. The first-order chi connectivity index (χ1) is 8.74. The third-order valence-electron chi connectivity index (χ3n) is 3.27. The van der Waals surface area contributed by atoms with E-state index in [-0.39, 0.29) is 0 Å². The Morgan fingerprint density at radius 2 is 1.83 bits per heavy atom. The summed E-state index contributed by atoms with van der Waals surface area (Å²) in [5, 5.41) is 3.55. The van der Waals surface area contributed by atoms with Crippen molar-refractivity contribution in [1.82, 2.24) is 0 Å². The van der Waals surface area contributed by atoms with Crippen molar-refractivity contribution in [2.24, 2.45) is 0 Å². The number of benzene rings is 2. The average molecular weight is 298 g/mol. The first kappa shape index (κ1) is 11.6. The van der Waals surface area contributed by atoms with Crippen LogP contribution in [0.15, 0.2) is 53.0 Å². The largest absolute Gasteiger partial charge is 0.424 e. The van der Waals surface area contributed by atoms with E-state index in [0.29, 0.717) is 6.85 Å². The number of hydrogen-bond donors (Lipinski definition) is 1. The van der Waals surface area contributed by atoms with Crippen molar-refractivity contribution in [3.8, 4) is 0 Å². The third kappa shape index (κ3) is 2.11. The molecule has 1 nitrogen and oxygen atoms in total. The SMILES string of the molecule is CB1Nc2ccc(Br)cc2C=C1c1ccccc1. The lowest BCUT2D eigenvalue weighted by molar-refractivity contribution is 1.55. The summed E-state index contributed by atoms with van der Waals surface area (Å²) in [5.41, 5.74) is 5.05. The summed E-state index contributed by atoms with van der Waals surface area (Å²) in [7, 11) is 0. The topological polar surface area (TPSA) is 12.0 Å². The molecule has 0 saturated carbocycles. The summed E-state index contributed by atoms with van der Waals surface area (Å²) >= 11 is 3.52. The zero-order valence-electron chi connectivity index (χ0n) is 10.2. The molecule has 18 heavy (non-hydrogen) atoms. The monoisotopic (exact) mass is 297 g/mol. The molecule has 0 fully saturated rings. The number of nitrogens with one attached hydrogen (secondary N) is 1. The van der Waals surface area contributed by atoms with E-state index in [9.17, 15) is 0 Å². The Kier molecular flexibility index (Phi) is 3.00. The number of rotatable bonds is 1. The van der Waals surface area contributed by atoms with Crippen LogP contribution in [-0.2, 0) is 0 Å². The van der Waals surface area contributed by atoms with Crippen molar-refractivity contribution in [3.05, 3.63) is 64.1 Å². The molecule has 1 aliphatic heterocycles. The van der Waals surface area contributed by atoms with Gasteiger partial charge in [0.05, 0.1) is 0 Å². The van der Waals surface area contributed by atoms with Gasteiger partial charge in [0.1, 0.15) is 0 Å². The lowest BCUT2D eigenvalue weighted by Gasteiger charge is -2.23. The van der Waals surface area contributed by atoms with Crippen LogP contribution in [0.4, 0.5) is 5.69 Å². The van der Waals surface area contributed by atoms with Gasteiger partial charge in [-0.25, -0.2) is 0 Å². The van der Waals surface area contributed by atoms with E-state index in [1.165, 1.54) is 22.3 Å². The van der Waals surface area contributed by atoms with Gasteiger partial charge in [0.2, 0.25) is 0 Å². The second kappa shape index (κ2) is 4.66. The van der Waals surface area contributed by atoms with Gasteiger partial charge >= 0.3 is 0 Å². The molecule has 2 aromatic rings. The molecule has 0 aromatic heterocycles. The maximum absolute atomic E-state index is 3.55. The molecule has 0 spiro atoms. The Labute approximate surface area is 116 Å². The van der Waals surface area contributed by atoms with Crippen LogP contribution >= 0.6 is 15.9 Å². The third-order valence-corrected chi connectivity index (χ3v) is 3.76. The van der Waals surface area contributed by atoms with Crippen molar-refractivity contribution < 1.29 is 0 Å². The zero-order chi connectivity index (χ0) is 12.5. The fraction of sp³-hybridized carbons (Fsp3) is 0.0667. The Hall–Kier alpha value is -1.48. The van der Waals surface area contributed by atoms with Crippen LogP contribution in [0, 0.1) is 0 Å². The van der Waals surface area contributed by atoms with Crippen molar-refractivity contribution in [2.45, 2.75) is 6.82 Å². The molecular formula is C15H13BBrN. The van der Waals surface area contributed by atoms with Crippen LogP contribution in [-0.4, -0.2) is 6.85 Å². The molecule has 0 unspecified atom stereocenters. The predicted octanol–water partition coefficient (Wildman–Crippen LogP) is 4.58. The molecule has 1 N–H and O–H groups in total. The van der Waals surface area contributed by atoms with E-state index in [1.54, 1.807) is 0 Å². The number of anilines is 1. The second-order valence-corrected chi connectivity index (χ2v) is 5.48. The standard InChI is InChI=1S/C15H13BBrN/c1-16-14(11-5-3-2-4-6-11)10-12-9-13(17)7-8-15(12)18-16/h2-10,18H,1H3. The van der Waals surface area contributed by atoms with Crippen molar-refractivity contribution in [2.75, 3.05) is 5.23 Å². The Morgan fingerprint density at radius 3 is 2.61 bits per heavy atom. The molecule has 0 radical (unpaired) electrons. The minimum atomic E-state index is 0.334. The molecule has 1 aliphatic rings. The second-order valence-electron chi connectivity index (χ2n) is 4.56. The Balaban J connectivity index is 2.10. The van der Waals surface area contributed by atoms with Crippen LogP contribution in [0.2, 0.25) is 6.82 Å². The van der Waals surface area contributed by atoms with E-state index in [4.69, 9.17) is 0 Å². The highest BCUT2D eigenvalue weighted by Gasteiger charge is 2.21. The minimum Gasteiger partial charge on any atom is -0.424 e. The van der Waals surface area contributed by atoms with Gasteiger partial charge in [-0.1, -0.05) is 59.2 Å². The van der Waals surface area contributed by atoms with Crippen LogP contribution < -0.4 is 5.23 Å². The molecule has 2 aromatic carbocycles. The number of fused-ring (bicyclic) bond motifs is 1. The molecule has 0 bridgehead atoms. The normalized spacial score (nSPS) is 13.7. The van der Waals surface area contributed by atoms with Crippen LogP contribution in [0.1, 0.15) is 11.1 Å². The summed E-state index contributed by atoms with van der Waals surface area (Å²) in [6, 6.07) is 16.9. The molecule has 0 aliphatic carbocycles. The zero-order valence-corrected chi connectivity index (χ0v) is 11.7. The smallest absolute Gasteiger partial charge is 0.283 e. The number of halogens is 1. The average Bonchev–Trinajstić information content (AvgIpc) is 2.39. The molecule has 88 valence electrons. The maximum Gasteiger partial charge on any atom is 0.283 e. The van der Waals surface area contributed by atoms with E-state index < -0.39 is 0 Å². The van der Waals surface area contributed by atoms with Crippen LogP contribution in [0.25, 0.3) is 11.5 Å².